The van der Waals surface area contributed by atoms with Crippen molar-refractivity contribution in [3.8, 4) is 0 Å². The van der Waals surface area contributed by atoms with Gasteiger partial charge < -0.3 is 4.42 Å². The Kier molecular flexibility index (Phi) is 2.51. The number of nitrogens with zero attached hydrogens (tertiary/aromatic N) is 1. The van der Waals surface area contributed by atoms with E-state index >= 15 is 0 Å². The first-order chi connectivity index (χ1) is 4.88. The van der Waals surface area contributed by atoms with Crippen LogP contribution >= 0.6 is 0 Å². The van der Waals surface area contributed by atoms with Crippen molar-refractivity contribution in [1.82, 2.24) is 5.32 Å². The van der Waals surface area contributed by atoms with Crippen LogP contribution in [0.3, 0.4) is 0 Å². The lowest BCUT2D eigenvalue weighted by atomic mass is 10.2. The quantitative estimate of drug-likeness (QED) is 0.627. The number of furan rings is 1. The standard InChI is InChI=1S/C8H12NO/c1-3-7(9-2)8-5-4-6-10-8/h4-7H,3H2,1-2H3. The van der Waals surface area contributed by atoms with Crippen molar-refractivity contribution in [3.05, 3.63) is 24.2 Å². The van der Waals surface area contributed by atoms with Crippen LogP contribution in [0.15, 0.2) is 22.8 Å². The summed E-state index contributed by atoms with van der Waals surface area (Å²) in [4.78, 5) is 0. The average Bonchev–Trinajstić information content (AvgIpc) is 2.43. The molecule has 1 rings (SSSR count). The minimum atomic E-state index is 0.245. The zero-order chi connectivity index (χ0) is 7.40. The molecule has 0 fully saturated rings. The Hall–Kier alpha value is -0.760. The SMILES string of the molecule is CCC([N]C)c1ccco1. The predicted octanol–water partition coefficient (Wildman–Crippen LogP) is 1.96. The molecule has 0 saturated heterocycles. The third-order valence-corrected chi connectivity index (χ3v) is 1.57. The molecule has 1 radical (unpaired) electrons. The van der Waals surface area contributed by atoms with Crippen LogP contribution in [0.1, 0.15) is 25.1 Å². The number of rotatable bonds is 3. The van der Waals surface area contributed by atoms with E-state index in [1.165, 1.54) is 0 Å². The summed E-state index contributed by atoms with van der Waals surface area (Å²) in [5.74, 6) is 0.963. The maximum absolute atomic E-state index is 5.18. The van der Waals surface area contributed by atoms with Crippen LogP contribution in [-0.4, -0.2) is 7.05 Å². The van der Waals surface area contributed by atoms with E-state index in [9.17, 15) is 0 Å². The molecule has 1 unspecified atom stereocenters. The van der Waals surface area contributed by atoms with Crippen LogP contribution in [0.4, 0.5) is 0 Å². The first-order valence-electron chi connectivity index (χ1n) is 3.50. The lowest BCUT2D eigenvalue weighted by Crippen LogP contribution is -2.06. The Morgan fingerprint density at radius 2 is 2.50 bits per heavy atom. The molecule has 0 saturated carbocycles. The molecular formula is C8H12NO. The van der Waals surface area contributed by atoms with Crippen LogP contribution in [0.2, 0.25) is 0 Å². The van der Waals surface area contributed by atoms with Gasteiger partial charge in [-0.1, -0.05) is 6.92 Å². The summed E-state index contributed by atoms with van der Waals surface area (Å²) in [6.45, 7) is 2.10. The molecule has 0 aliphatic heterocycles. The highest BCUT2D eigenvalue weighted by atomic mass is 16.3. The van der Waals surface area contributed by atoms with Gasteiger partial charge in [0, 0.05) is 7.05 Å². The minimum Gasteiger partial charge on any atom is -0.468 e. The van der Waals surface area contributed by atoms with E-state index in [0.29, 0.717) is 0 Å². The molecule has 1 heterocycles. The molecule has 0 aromatic carbocycles. The molecular weight excluding hydrogens is 126 g/mol. The second-order valence-corrected chi connectivity index (χ2v) is 2.20. The fourth-order valence-corrected chi connectivity index (χ4v) is 0.992. The summed E-state index contributed by atoms with van der Waals surface area (Å²) in [5.41, 5.74) is 0. The second-order valence-electron chi connectivity index (χ2n) is 2.20. The highest BCUT2D eigenvalue weighted by molar-refractivity contribution is 5.03. The summed E-state index contributed by atoms with van der Waals surface area (Å²) < 4.78 is 5.18. The number of hydrogen-bond acceptors (Lipinski definition) is 1. The van der Waals surface area contributed by atoms with E-state index in [1.807, 2.05) is 19.2 Å². The Morgan fingerprint density at radius 3 is 2.90 bits per heavy atom. The number of hydrogen-bond donors (Lipinski definition) is 0. The smallest absolute Gasteiger partial charge is 0.122 e. The molecule has 0 spiro atoms. The van der Waals surface area contributed by atoms with E-state index in [0.717, 1.165) is 12.2 Å². The lowest BCUT2D eigenvalue weighted by molar-refractivity contribution is 0.419. The van der Waals surface area contributed by atoms with Gasteiger partial charge in [0.15, 0.2) is 0 Å². The van der Waals surface area contributed by atoms with E-state index < -0.39 is 0 Å². The van der Waals surface area contributed by atoms with E-state index in [1.54, 1.807) is 6.26 Å². The van der Waals surface area contributed by atoms with Gasteiger partial charge in [0.2, 0.25) is 0 Å². The molecule has 0 amide bonds. The van der Waals surface area contributed by atoms with E-state index in [-0.39, 0.29) is 6.04 Å². The van der Waals surface area contributed by atoms with Gasteiger partial charge >= 0.3 is 0 Å². The fraction of sp³-hybridized carbons (Fsp3) is 0.500. The normalized spacial score (nSPS) is 13.4. The molecule has 0 N–H and O–H groups in total. The minimum absolute atomic E-state index is 0.245. The molecule has 10 heavy (non-hydrogen) atoms. The molecule has 0 aliphatic carbocycles. The second kappa shape index (κ2) is 3.42. The molecule has 2 heteroatoms. The highest BCUT2D eigenvalue weighted by Crippen LogP contribution is 2.16. The molecule has 1 aromatic rings. The van der Waals surface area contributed by atoms with Crippen molar-refractivity contribution in [3.63, 3.8) is 0 Å². The summed E-state index contributed by atoms with van der Waals surface area (Å²) in [6, 6.07) is 4.10. The zero-order valence-corrected chi connectivity index (χ0v) is 6.37. The van der Waals surface area contributed by atoms with Crippen molar-refractivity contribution in [1.29, 1.82) is 0 Å². The van der Waals surface area contributed by atoms with Gasteiger partial charge in [-0.2, -0.15) is 0 Å². The van der Waals surface area contributed by atoms with Crippen LogP contribution in [0.25, 0.3) is 0 Å². The summed E-state index contributed by atoms with van der Waals surface area (Å²) in [6.07, 6.45) is 2.69. The maximum atomic E-state index is 5.18. The Bertz CT molecular complexity index is 165. The Morgan fingerprint density at radius 1 is 1.70 bits per heavy atom. The first kappa shape index (κ1) is 7.35. The third kappa shape index (κ3) is 1.39. The summed E-state index contributed by atoms with van der Waals surface area (Å²) >= 11 is 0. The van der Waals surface area contributed by atoms with Gasteiger partial charge in [-0.05, 0) is 18.6 Å². The van der Waals surface area contributed by atoms with E-state index in [2.05, 4.69) is 12.2 Å². The molecule has 0 bridgehead atoms. The molecule has 2 nitrogen and oxygen atoms in total. The molecule has 1 aromatic heterocycles. The van der Waals surface area contributed by atoms with Crippen molar-refractivity contribution in [2.45, 2.75) is 19.4 Å². The van der Waals surface area contributed by atoms with Gasteiger partial charge in [-0.25, -0.2) is 5.32 Å². The first-order valence-corrected chi connectivity index (χ1v) is 3.50. The summed E-state index contributed by atoms with van der Waals surface area (Å²) in [7, 11) is 1.82. The Labute approximate surface area is 61.2 Å². The lowest BCUT2D eigenvalue weighted by Gasteiger charge is -2.06. The molecule has 0 aliphatic rings. The van der Waals surface area contributed by atoms with Crippen molar-refractivity contribution >= 4 is 0 Å². The predicted molar refractivity (Wildman–Crippen MR) is 39.8 cm³/mol. The van der Waals surface area contributed by atoms with Crippen molar-refractivity contribution in [2.75, 3.05) is 7.05 Å². The van der Waals surface area contributed by atoms with Crippen LogP contribution in [-0.2, 0) is 0 Å². The maximum Gasteiger partial charge on any atom is 0.122 e. The van der Waals surface area contributed by atoms with E-state index in [4.69, 9.17) is 4.42 Å². The average molecular weight is 138 g/mol. The zero-order valence-electron chi connectivity index (χ0n) is 6.37. The topological polar surface area (TPSA) is 27.2 Å². The van der Waals surface area contributed by atoms with Crippen LogP contribution in [0.5, 0.6) is 0 Å². The van der Waals surface area contributed by atoms with Gasteiger partial charge in [0.1, 0.15) is 5.76 Å². The van der Waals surface area contributed by atoms with Gasteiger partial charge in [0.25, 0.3) is 0 Å². The molecule has 1 atom stereocenters. The monoisotopic (exact) mass is 138 g/mol. The largest absolute Gasteiger partial charge is 0.468 e. The summed E-state index contributed by atoms with van der Waals surface area (Å²) in [5, 5.41) is 4.16. The van der Waals surface area contributed by atoms with Gasteiger partial charge in [-0.15, -0.1) is 0 Å². The van der Waals surface area contributed by atoms with Crippen LogP contribution < -0.4 is 5.32 Å². The van der Waals surface area contributed by atoms with Gasteiger partial charge in [-0.3, -0.25) is 0 Å². The van der Waals surface area contributed by atoms with Crippen LogP contribution in [0, 0.1) is 0 Å². The van der Waals surface area contributed by atoms with Crippen molar-refractivity contribution in [2.24, 2.45) is 0 Å². The third-order valence-electron chi connectivity index (χ3n) is 1.57. The van der Waals surface area contributed by atoms with Crippen molar-refractivity contribution < 1.29 is 4.42 Å². The molecule has 55 valence electrons. The highest BCUT2D eigenvalue weighted by Gasteiger charge is 2.08. The fourth-order valence-electron chi connectivity index (χ4n) is 0.992. The Balaban J connectivity index is 2.64. The van der Waals surface area contributed by atoms with Gasteiger partial charge in [0.05, 0.1) is 12.3 Å².